The van der Waals surface area contributed by atoms with Gasteiger partial charge in [0, 0.05) is 31.4 Å². The maximum Gasteiger partial charge on any atom is 0.251 e. The Morgan fingerprint density at radius 1 is 1.19 bits per heavy atom. The van der Waals surface area contributed by atoms with Crippen molar-refractivity contribution in [1.82, 2.24) is 5.32 Å². The lowest BCUT2D eigenvalue weighted by Crippen LogP contribution is -2.31. The fourth-order valence-electron chi connectivity index (χ4n) is 3.32. The zero-order valence-corrected chi connectivity index (χ0v) is 15.2. The Morgan fingerprint density at radius 3 is 2.77 bits per heavy atom. The van der Waals surface area contributed by atoms with Gasteiger partial charge in [-0.15, -0.1) is 0 Å². The first kappa shape index (κ1) is 18.3. The number of nitrogens with two attached hydrogens (primary N) is 1. The summed E-state index contributed by atoms with van der Waals surface area (Å²) >= 11 is 0. The molecule has 0 bridgehead atoms. The van der Waals surface area contributed by atoms with Gasteiger partial charge in [0.15, 0.2) is 0 Å². The first-order valence-corrected chi connectivity index (χ1v) is 9.08. The highest BCUT2D eigenvalue weighted by Gasteiger charge is 2.22. The Morgan fingerprint density at radius 2 is 2.00 bits per heavy atom. The highest BCUT2D eigenvalue weighted by atomic mass is 16.5. The summed E-state index contributed by atoms with van der Waals surface area (Å²) in [6.07, 6.45) is 3.85. The van der Waals surface area contributed by atoms with Crippen molar-refractivity contribution in [1.29, 1.82) is 0 Å². The van der Waals surface area contributed by atoms with Crippen LogP contribution in [0.2, 0.25) is 0 Å². The van der Waals surface area contributed by atoms with Crippen LogP contribution in [0.4, 0.5) is 5.69 Å². The van der Waals surface area contributed by atoms with Crippen molar-refractivity contribution in [2.75, 3.05) is 26.1 Å². The number of carbonyl (C=O) groups excluding carboxylic acids is 1. The van der Waals surface area contributed by atoms with E-state index in [1.807, 2.05) is 30.3 Å². The van der Waals surface area contributed by atoms with Crippen LogP contribution in [-0.4, -0.2) is 26.2 Å². The molecule has 1 aliphatic rings. The third-order valence-corrected chi connectivity index (χ3v) is 4.66. The number of hydrogen-bond donors (Lipinski definition) is 2. The van der Waals surface area contributed by atoms with E-state index in [1.54, 1.807) is 19.2 Å². The van der Waals surface area contributed by atoms with Crippen molar-refractivity contribution in [2.24, 2.45) is 0 Å². The van der Waals surface area contributed by atoms with Gasteiger partial charge in [0.2, 0.25) is 0 Å². The van der Waals surface area contributed by atoms with Crippen molar-refractivity contribution in [3.05, 3.63) is 59.2 Å². The van der Waals surface area contributed by atoms with Crippen LogP contribution in [0.5, 0.6) is 5.75 Å². The first-order chi connectivity index (χ1) is 12.7. The maximum absolute atomic E-state index is 12.6. The molecule has 0 saturated carbocycles. The van der Waals surface area contributed by atoms with Crippen LogP contribution in [0.15, 0.2) is 42.5 Å². The van der Waals surface area contributed by atoms with Crippen molar-refractivity contribution < 1.29 is 14.3 Å². The molecular weight excluding hydrogens is 328 g/mol. The largest absolute Gasteiger partial charge is 0.494 e. The zero-order chi connectivity index (χ0) is 18.4. The van der Waals surface area contributed by atoms with Crippen molar-refractivity contribution in [2.45, 2.75) is 31.7 Å². The number of nitrogens with one attached hydrogen (secondary N) is 1. The molecule has 0 heterocycles. The summed E-state index contributed by atoms with van der Waals surface area (Å²) in [7, 11) is 1.67. The molecule has 138 valence electrons. The van der Waals surface area contributed by atoms with Gasteiger partial charge in [-0.2, -0.15) is 0 Å². The number of nitrogen functional groups attached to an aromatic ring is 1. The highest BCUT2D eigenvalue weighted by Crippen LogP contribution is 2.31. The van der Waals surface area contributed by atoms with Gasteiger partial charge in [-0.05, 0) is 66.8 Å². The number of anilines is 1. The van der Waals surface area contributed by atoms with E-state index in [4.69, 9.17) is 15.2 Å². The van der Waals surface area contributed by atoms with E-state index in [0.717, 1.165) is 37.1 Å². The number of methoxy groups -OCH3 is 1. The molecule has 1 aliphatic carbocycles. The van der Waals surface area contributed by atoms with Crippen LogP contribution in [0.3, 0.4) is 0 Å². The summed E-state index contributed by atoms with van der Waals surface area (Å²) in [5, 5.41) is 3.15. The summed E-state index contributed by atoms with van der Waals surface area (Å²) in [5.41, 5.74) is 9.70. The number of amides is 1. The van der Waals surface area contributed by atoms with E-state index < -0.39 is 0 Å². The molecule has 2 aromatic rings. The lowest BCUT2D eigenvalue weighted by Gasteiger charge is -2.26. The van der Waals surface area contributed by atoms with Crippen molar-refractivity contribution >= 4 is 11.6 Å². The van der Waals surface area contributed by atoms with E-state index in [2.05, 4.69) is 5.32 Å². The van der Waals surface area contributed by atoms with Crippen LogP contribution < -0.4 is 15.8 Å². The molecule has 5 nitrogen and oxygen atoms in total. The van der Waals surface area contributed by atoms with E-state index in [0.29, 0.717) is 18.8 Å². The highest BCUT2D eigenvalue weighted by molar-refractivity contribution is 5.94. The Hall–Kier alpha value is -2.53. The van der Waals surface area contributed by atoms with Crippen LogP contribution in [0.25, 0.3) is 0 Å². The molecule has 2 aromatic carbocycles. The monoisotopic (exact) mass is 354 g/mol. The Bertz CT molecular complexity index is 743. The summed E-state index contributed by atoms with van der Waals surface area (Å²) < 4.78 is 10.6. The number of hydrogen-bond acceptors (Lipinski definition) is 4. The molecule has 0 spiro atoms. The number of fused-ring (bicyclic) bond motifs is 1. The molecule has 0 fully saturated rings. The number of aryl methyl sites for hydroxylation is 1. The number of ether oxygens (including phenoxy) is 2. The summed E-state index contributed by atoms with van der Waals surface area (Å²) in [5.74, 6) is 0.696. The second-order valence-corrected chi connectivity index (χ2v) is 6.60. The van der Waals surface area contributed by atoms with E-state index in [9.17, 15) is 4.79 Å². The minimum Gasteiger partial charge on any atom is -0.494 e. The van der Waals surface area contributed by atoms with Gasteiger partial charge >= 0.3 is 0 Å². The Labute approximate surface area is 154 Å². The normalized spacial score (nSPS) is 16.0. The number of rotatable bonds is 7. The van der Waals surface area contributed by atoms with Gasteiger partial charge in [-0.25, -0.2) is 0 Å². The van der Waals surface area contributed by atoms with Crippen molar-refractivity contribution in [3.63, 3.8) is 0 Å². The molecule has 0 saturated heterocycles. The summed E-state index contributed by atoms with van der Waals surface area (Å²) in [4.78, 5) is 12.6. The quantitative estimate of drug-likeness (QED) is 0.590. The predicted octanol–water partition coefficient (Wildman–Crippen LogP) is 3.49. The fourth-order valence-corrected chi connectivity index (χ4v) is 3.32. The van der Waals surface area contributed by atoms with E-state index in [-0.39, 0.29) is 11.9 Å². The minimum atomic E-state index is -0.0643. The minimum absolute atomic E-state index is 0.0387. The molecule has 5 heteroatoms. The maximum atomic E-state index is 12.6. The summed E-state index contributed by atoms with van der Waals surface area (Å²) in [6.45, 7) is 1.27. The molecule has 26 heavy (non-hydrogen) atoms. The van der Waals surface area contributed by atoms with Gasteiger partial charge in [-0.3, -0.25) is 4.79 Å². The first-order valence-electron chi connectivity index (χ1n) is 9.08. The molecule has 0 radical (unpaired) electrons. The molecule has 1 unspecified atom stereocenters. The molecule has 3 rings (SSSR count). The average molecular weight is 354 g/mol. The molecule has 0 aliphatic heterocycles. The second-order valence-electron chi connectivity index (χ2n) is 6.60. The van der Waals surface area contributed by atoms with Gasteiger partial charge in [0.25, 0.3) is 5.91 Å². The molecule has 3 N–H and O–H groups in total. The molecule has 0 aromatic heterocycles. The molecule has 1 atom stereocenters. The average Bonchev–Trinajstić information content (AvgIpc) is 2.65. The number of benzene rings is 2. The fraction of sp³-hybridized carbons (Fsp3) is 0.381. The van der Waals surface area contributed by atoms with Crippen molar-refractivity contribution in [3.8, 4) is 5.75 Å². The Balaban J connectivity index is 1.60. The standard InChI is InChI=1S/C21H26N2O3/c1-25-12-3-13-26-18-9-6-15(7-10-18)21(24)23-20-5-2-4-16-14-17(22)8-11-19(16)20/h6-11,14,20H,2-5,12-13,22H2,1H3,(H,23,24). The van der Waals surface area contributed by atoms with Gasteiger partial charge < -0.3 is 20.5 Å². The van der Waals surface area contributed by atoms with Gasteiger partial charge in [0.1, 0.15) is 5.75 Å². The second kappa shape index (κ2) is 8.72. The third-order valence-electron chi connectivity index (χ3n) is 4.66. The van der Waals surface area contributed by atoms with Crippen LogP contribution in [-0.2, 0) is 11.2 Å². The number of carbonyl (C=O) groups is 1. The van der Waals surface area contributed by atoms with Crippen LogP contribution in [0.1, 0.15) is 46.8 Å². The third kappa shape index (κ3) is 4.55. The molecule has 1 amide bonds. The van der Waals surface area contributed by atoms with E-state index >= 15 is 0 Å². The topological polar surface area (TPSA) is 73.6 Å². The lowest BCUT2D eigenvalue weighted by molar-refractivity contribution is 0.0932. The van der Waals surface area contributed by atoms with E-state index in [1.165, 1.54) is 11.1 Å². The summed E-state index contributed by atoms with van der Waals surface area (Å²) in [6, 6.07) is 13.3. The molecular formula is C21H26N2O3. The SMILES string of the molecule is COCCCOc1ccc(C(=O)NC2CCCc3cc(N)ccc32)cc1. The lowest BCUT2D eigenvalue weighted by atomic mass is 9.87. The Kier molecular flexibility index (Phi) is 6.12. The zero-order valence-electron chi connectivity index (χ0n) is 15.2. The van der Waals surface area contributed by atoms with Crippen LogP contribution >= 0.6 is 0 Å². The van der Waals surface area contributed by atoms with Crippen LogP contribution in [0, 0.1) is 0 Å². The van der Waals surface area contributed by atoms with Gasteiger partial charge in [0.05, 0.1) is 12.6 Å². The smallest absolute Gasteiger partial charge is 0.251 e. The van der Waals surface area contributed by atoms with Gasteiger partial charge in [-0.1, -0.05) is 6.07 Å². The predicted molar refractivity (Wildman–Crippen MR) is 102 cm³/mol.